The topological polar surface area (TPSA) is 54.8 Å². The van der Waals surface area contributed by atoms with Gasteiger partial charge >= 0.3 is 0 Å². The monoisotopic (exact) mass is 672 g/mol. The fourth-order valence-electron chi connectivity index (χ4n) is 7.64. The van der Waals surface area contributed by atoms with Gasteiger partial charge in [-0.15, -0.1) is 11.3 Å². The van der Waals surface area contributed by atoms with Crippen LogP contribution >= 0.6 is 11.3 Å². The van der Waals surface area contributed by atoms with E-state index in [2.05, 4.69) is 131 Å². The van der Waals surface area contributed by atoms with E-state index in [0.717, 1.165) is 56.0 Å². The van der Waals surface area contributed by atoms with Crippen LogP contribution in [0.5, 0.6) is 0 Å². The van der Waals surface area contributed by atoms with Crippen LogP contribution in [-0.4, -0.2) is 16.2 Å². The Morgan fingerprint density at radius 3 is 1.96 bits per heavy atom. The first-order valence-corrected chi connectivity index (χ1v) is 17.9. The number of aliphatic imine (C=N–C) groups is 2. The number of aromatic nitrogens is 1. The van der Waals surface area contributed by atoms with Crippen LogP contribution in [0.2, 0.25) is 0 Å². The van der Waals surface area contributed by atoms with Gasteiger partial charge in [0.25, 0.3) is 0 Å². The van der Waals surface area contributed by atoms with Crippen molar-refractivity contribution in [2.75, 3.05) is 0 Å². The van der Waals surface area contributed by atoms with Crippen molar-refractivity contribution in [3.8, 4) is 5.69 Å². The minimum atomic E-state index is -0.292. The molecule has 11 rings (SSSR count). The summed E-state index contributed by atoms with van der Waals surface area (Å²) in [5.41, 5.74) is 8.41. The minimum absolute atomic E-state index is 0.292. The lowest BCUT2D eigenvalue weighted by Crippen LogP contribution is -2.33. The summed E-state index contributed by atoms with van der Waals surface area (Å²) >= 11 is 1.80. The molecule has 0 spiro atoms. The number of hydrogen-bond acceptors (Lipinski definition) is 5. The molecule has 0 saturated carbocycles. The Kier molecular flexibility index (Phi) is 6.12. The molecule has 240 valence electrons. The third kappa shape index (κ3) is 4.47. The fourth-order valence-corrected chi connectivity index (χ4v) is 8.74. The van der Waals surface area contributed by atoms with Crippen LogP contribution in [0, 0.1) is 0 Å². The molecule has 1 atom stereocenters. The molecule has 0 fully saturated rings. The zero-order valence-electron chi connectivity index (χ0n) is 27.2. The second kappa shape index (κ2) is 11.0. The van der Waals surface area contributed by atoms with Crippen molar-refractivity contribution in [2.45, 2.75) is 6.17 Å². The standard InChI is InChI=1S/C45H28N4OS/c1-3-11-27(12-4-1)43-46-44(28-13-5-2-6-14-28)48-45(47-43)29-19-22-41-35(23-29)36-25-34-33-24-30(20-21-39(33)50-40(34)26-42(36)51-41)49-37-17-9-7-15-31(37)32-16-8-10-18-38(32)49/h1-26,45H,(H,46,47,48). The van der Waals surface area contributed by atoms with E-state index in [0.29, 0.717) is 0 Å². The first kappa shape index (κ1) is 28.3. The van der Waals surface area contributed by atoms with E-state index in [1.807, 2.05) is 36.4 Å². The average Bonchev–Trinajstić information content (AvgIpc) is 3.85. The average molecular weight is 673 g/mol. The van der Waals surface area contributed by atoms with Gasteiger partial charge in [-0.25, -0.2) is 9.98 Å². The van der Waals surface area contributed by atoms with Crippen LogP contribution in [0.25, 0.3) is 69.6 Å². The van der Waals surface area contributed by atoms with Crippen LogP contribution in [0.1, 0.15) is 22.9 Å². The van der Waals surface area contributed by atoms with E-state index in [4.69, 9.17) is 14.4 Å². The van der Waals surface area contributed by atoms with Crippen molar-refractivity contribution >= 4 is 86.9 Å². The zero-order chi connectivity index (χ0) is 33.5. The van der Waals surface area contributed by atoms with Crippen molar-refractivity contribution in [1.82, 2.24) is 9.88 Å². The Labute approximate surface area is 296 Å². The summed E-state index contributed by atoms with van der Waals surface area (Å²) in [4.78, 5) is 10.1. The molecule has 0 bridgehead atoms. The summed E-state index contributed by atoms with van der Waals surface area (Å²) in [7, 11) is 0. The second-order valence-corrected chi connectivity index (χ2v) is 14.1. The lowest BCUT2D eigenvalue weighted by Gasteiger charge is -2.23. The van der Waals surface area contributed by atoms with Crippen molar-refractivity contribution < 1.29 is 4.42 Å². The number of nitrogens with one attached hydrogen (secondary N) is 1. The third-order valence-electron chi connectivity index (χ3n) is 10.0. The molecule has 1 aliphatic rings. The van der Waals surface area contributed by atoms with E-state index in [1.54, 1.807) is 11.3 Å². The summed E-state index contributed by atoms with van der Waals surface area (Å²) in [6.45, 7) is 0. The number of furan rings is 1. The summed E-state index contributed by atoms with van der Waals surface area (Å²) in [6, 6.07) is 55.5. The molecule has 1 unspecified atom stereocenters. The number of thiophene rings is 1. The molecule has 5 nitrogen and oxygen atoms in total. The molecular formula is C45H28N4OS. The smallest absolute Gasteiger partial charge is 0.159 e. The summed E-state index contributed by atoms with van der Waals surface area (Å²) < 4.78 is 11.3. The summed E-state index contributed by atoms with van der Waals surface area (Å²) in [5.74, 6) is 1.54. The molecule has 7 aromatic carbocycles. The Morgan fingerprint density at radius 2 is 1.20 bits per heavy atom. The molecule has 0 saturated heterocycles. The van der Waals surface area contributed by atoms with Gasteiger partial charge in [-0.1, -0.05) is 103 Å². The molecule has 6 heteroatoms. The van der Waals surface area contributed by atoms with Gasteiger partial charge in [0.05, 0.1) is 11.0 Å². The van der Waals surface area contributed by atoms with Gasteiger partial charge in [0, 0.05) is 58.5 Å². The van der Waals surface area contributed by atoms with E-state index >= 15 is 0 Å². The predicted octanol–water partition coefficient (Wildman–Crippen LogP) is 11.5. The Balaban J connectivity index is 1.06. The number of hydrogen-bond donors (Lipinski definition) is 1. The first-order valence-electron chi connectivity index (χ1n) is 17.1. The molecule has 3 aromatic heterocycles. The second-order valence-electron chi connectivity index (χ2n) is 13.0. The van der Waals surface area contributed by atoms with Crippen LogP contribution in [-0.2, 0) is 0 Å². The van der Waals surface area contributed by atoms with Gasteiger partial charge < -0.3 is 14.3 Å². The van der Waals surface area contributed by atoms with Gasteiger partial charge in [-0.2, -0.15) is 0 Å². The van der Waals surface area contributed by atoms with Gasteiger partial charge in [0.15, 0.2) is 5.84 Å². The van der Waals surface area contributed by atoms with Gasteiger partial charge in [-0.05, 0) is 60.2 Å². The predicted molar refractivity (Wildman–Crippen MR) is 213 cm³/mol. The number of para-hydroxylation sites is 2. The maximum absolute atomic E-state index is 6.49. The van der Waals surface area contributed by atoms with Crippen molar-refractivity contribution in [1.29, 1.82) is 0 Å². The van der Waals surface area contributed by atoms with Gasteiger partial charge in [-0.3, -0.25) is 0 Å². The lowest BCUT2D eigenvalue weighted by molar-refractivity contribution is 0.669. The maximum Gasteiger partial charge on any atom is 0.159 e. The van der Waals surface area contributed by atoms with Crippen LogP contribution in [0.15, 0.2) is 172 Å². The van der Waals surface area contributed by atoms with E-state index in [9.17, 15) is 0 Å². The molecule has 1 N–H and O–H groups in total. The van der Waals surface area contributed by atoms with Gasteiger partial charge in [0.1, 0.15) is 23.2 Å². The van der Waals surface area contributed by atoms with E-state index in [1.165, 1.54) is 42.0 Å². The molecular weight excluding hydrogens is 645 g/mol. The highest BCUT2D eigenvalue weighted by atomic mass is 32.1. The van der Waals surface area contributed by atoms with Gasteiger partial charge in [0.2, 0.25) is 0 Å². The molecule has 1 aliphatic heterocycles. The lowest BCUT2D eigenvalue weighted by atomic mass is 10.0. The van der Waals surface area contributed by atoms with Crippen molar-refractivity contribution in [3.05, 3.63) is 174 Å². The molecule has 10 aromatic rings. The number of benzene rings is 7. The highest BCUT2D eigenvalue weighted by Gasteiger charge is 2.22. The number of nitrogens with zero attached hydrogens (tertiary/aromatic N) is 3. The minimum Gasteiger partial charge on any atom is -0.456 e. The molecule has 0 aliphatic carbocycles. The first-order chi connectivity index (χ1) is 25.2. The summed E-state index contributed by atoms with van der Waals surface area (Å²) in [5, 5.41) is 10.8. The Bertz CT molecular complexity index is 3010. The Morgan fingerprint density at radius 1 is 0.529 bits per heavy atom. The normalized spacial score (nSPS) is 14.9. The SMILES string of the molecule is c1ccc(C2=NC(c3ccc4sc5cc6oc7ccc(-n8c9ccccc9c9ccccc98)cc7c6cc5c4c3)NC(c3ccccc3)=N2)cc1. The quantitative estimate of drug-likeness (QED) is 0.202. The van der Waals surface area contributed by atoms with Crippen LogP contribution < -0.4 is 5.32 Å². The molecule has 51 heavy (non-hydrogen) atoms. The maximum atomic E-state index is 6.49. The van der Waals surface area contributed by atoms with Crippen molar-refractivity contribution in [2.24, 2.45) is 9.98 Å². The largest absolute Gasteiger partial charge is 0.456 e. The number of rotatable bonds is 4. The number of fused-ring (bicyclic) bond motifs is 9. The van der Waals surface area contributed by atoms with Crippen LogP contribution in [0.3, 0.4) is 0 Å². The zero-order valence-corrected chi connectivity index (χ0v) is 28.1. The number of amidine groups is 2. The molecule has 4 heterocycles. The van der Waals surface area contributed by atoms with E-state index in [-0.39, 0.29) is 6.17 Å². The fraction of sp³-hybridized carbons (Fsp3) is 0.0222. The van der Waals surface area contributed by atoms with E-state index < -0.39 is 0 Å². The third-order valence-corrected chi connectivity index (χ3v) is 11.2. The highest BCUT2D eigenvalue weighted by Crippen LogP contribution is 2.42. The Hall–Kier alpha value is -6.50. The summed E-state index contributed by atoms with van der Waals surface area (Å²) in [6.07, 6.45) is -0.292. The highest BCUT2D eigenvalue weighted by molar-refractivity contribution is 7.25. The molecule has 0 amide bonds. The van der Waals surface area contributed by atoms with Crippen LogP contribution in [0.4, 0.5) is 0 Å². The molecule has 0 radical (unpaired) electrons. The van der Waals surface area contributed by atoms with Crippen molar-refractivity contribution in [3.63, 3.8) is 0 Å².